The summed E-state index contributed by atoms with van der Waals surface area (Å²) < 4.78 is 5.09. The molecule has 1 unspecified atom stereocenters. The lowest BCUT2D eigenvalue weighted by atomic mass is 10.3. The number of urea groups is 1. The van der Waals surface area contributed by atoms with Crippen molar-refractivity contribution in [2.75, 3.05) is 12.4 Å². The van der Waals surface area contributed by atoms with Crippen molar-refractivity contribution in [3.63, 3.8) is 0 Å². The van der Waals surface area contributed by atoms with Gasteiger partial charge in [0.25, 0.3) is 0 Å². The quantitative estimate of drug-likeness (QED) is 0.760. The Morgan fingerprint density at radius 2 is 2.19 bits per heavy atom. The van der Waals surface area contributed by atoms with Crippen molar-refractivity contribution in [1.29, 1.82) is 0 Å². The molecule has 1 aromatic rings. The molecule has 0 fully saturated rings. The molecule has 0 spiro atoms. The summed E-state index contributed by atoms with van der Waals surface area (Å²) in [5, 5.41) is 5.24. The van der Waals surface area contributed by atoms with Gasteiger partial charge in [0.05, 0.1) is 18.8 Å². The fraction of sp³-hybridized carbons (Fsp3) is 0.250. The molecule has 0 aliphatic carbocycles. The van der Waals surface area contributed by atoms with Crippen LogP contribution in [-0.4, -0.2) is 19.2 Å². The van der Waals surface area contributed by atoms with Gasteiger partial charge in [-0.2, -0.15) is 0 Å². The van der Waals surface area contributed by atoms with Gasteiger partial charge < -0.3 is 15.4 Å². The molecule has 1 rings (SSSR count). The van der Waals surface area contributed by atoms with E-state index in [9.17, 15) is 4.79 Å². The minimum absolute atomic E-state index is 0.310. The van der Waals surface area contributed by atoms with Crippen LogP contribution >= 0.6 is 0 Å². The molecule has 16 heavy (non-hydrogen) atoms. The number of carbonyl (C=O) groups excluding carboxylic acids is 1. The molecule has 2 N–H and O–H groups in total. The topological polar surface area (TPSA) is 50.4 Å². The summed E-state index contributed by atoms with van der Waals surface area (Å²) >= 11 is 0. The number of hydrogen-bond donors (Lipinski definition) is 2. The largest absolute Gasteiger partial charge is 0.495 e. The molecule has 0 saturated heterocycles. The fourth-order valence-corrected chi connectivity index (χ4v) is 1.14. The Morgan fingerprint density at radius 1 is 1.50 bits per heavy atom. The van der Waals surface area contributed by atoms with Crippen LogP contribution in [0.5, 0.6) is 5.75 Å². The van der Waals surface area contributed by atoms with Crippen LogP contribution in [0.1, 0.15) is 6.92 Å². The van der Waals surface area contributed by atoms with Gasteiger partial charge in [-0.25, -0.2) is 4.79 Å². The van der Waals surface area contributed by atoms with E-state index >= 15 is 0 Å². The van der Waals surface area contributed by atoms with Crippen molar-refractivity contribution in [3.8, 4) is 18.1 Å². The van der Waals surface area contributed by atoms with Gasteiger partial charge in [0.2, 0.25) is 0 Å². The number of hydrogen-bond acceptors (Lipinski definition) is 2. The minimum atomic E-state index is -0.352. The number of anilines is 1. The van der Waals surface area contributed by atoms with E-state index in [0.717, 1.165) is 0 Å². The van der Waals surface area contributed by atoms with Gasteiger partial charge in [-0.15, -0.1) is 6.42 Å². The van der Waals surface area contributed by atoms with Crippen molar-refractivity contribution in [3.05, 3.63) is 24.3 Å². The smallest absolute Gasteiger partial charge is 0.320 e. The van der Waals surface area contributed by atoms with Crippen molar-refractivity contribution in [2.24, 2.45) is 0 Å². The van der Waals surface area contributed by atoms with E-state index in [1.807, 2.05) is 12.1 Å². The third-order valence-corrected chi connectivity index (χ3v) is 1.95. The van der Waals surface area contributed by atoms with Crippen molar-refractivity contribution < 1.29 is 9.53 Å². The SMILES string of the molecule is C#CC(C)NC(=O)Nc1ccccc1OC. The predicted octanol–water partition coefficient (Wildman–Crippen LogP) is 1.84. The lowest BCUT2D eigenvalue weighted by molar-refractivity contribution is 0.251. The van der Waals surface area contributed by atoms with E-state index in [-0.39, 0.29) is 12.1 Å². The minimum Gasteiger partial charge on any atom is -0.495 e. The zero-order valence-electron chi connectivity index (χ0n) is 9.28. The highest BCUT2D eigenvalue weighted by Crippen LogP contribution is 2.22. The van der Waals surface area contributed by atoms with Crippen molar-refractivity contribution in [2.45, 2.75) is 13.0 Å². The maximum atomic E-state index is 11.5. The first kappa shape index (κ1) is 11.9. The van der Waals surface area contributed by atoms with Crippen LogP contribution in [0.4, 0.5) is 10.5 Å². The Balaban J connectivity index is 2.66. The van der Waals surface area contributed by atoms with Gasteiger partial charge in [-0.3, -0.25) is 0 Å². The lowest BCUT2D eigenvalue weighted by Gasteiger charge is -2.12. The highest BCUT2D eigenvalue weighted by atomic mass is 16.5. The van der Waals surface area contributed by atoms with Crippen LogP contribution < -0.4 is 15.4 Å². The number of terminal acetylenes is 1. The number of ether oxygens (including phenoxy) is 1. The molecule has 1 atom stereocenters. The highest BCUT2D eigenvalue weighted by Gasteiger charge is 2.07. The number of para-hydroxylation sites is 2. The van der Waals surface area contributed by atoms with E-state index in [0.29, 0.717) is 11.4 Å². The molecule has 4 heteroatoms. The monoisotopic (exact) mass is 218 g/mol. The van der Waals surface area contributed by atoms with Crippen LogP contribution in [0.15, 0.2) is 24.3 Å². The first-order chi connectivity index (χ1) is 7.67. The molecule has 2 amide bonds. The zero-order chi connectivity index (χ0) is 12.0. The van der Waals surface area contributed by atoms with E-state index in [1.54, 1.807) is 26.2 Å². The number of benzene rings is 1. The second-order valence-corrected chi connectivity index (χ2v) is 3.19. The summed E-state index contributed by atoms with van der Waals surface area (Å²) in [6.07, 6.45) is 5.15. The Bertz CT molecular complexity index is 410. The summed E-state index contributed by atoms with van der Waals surface area (Å²) in [6, 6.07) is 6.48. The molecular weight excluding hydrogens is 204 g/mol. The fourth-order valence-electron chi connectivity index (χ4n) is 1.14. The molecule has 0 bridgehead atoms. The normalized spacial score (nSPS) is 11.1. The van der Waals surface area contributed by atoms with Crippen molar-refractivity contribution in [1.82, 2.24) is 5.32 Å². The number of rotatable bonds is 3. The van der Waals surface area contributed by atoms with Gasteiger partial charge in [0.15, 0.2) is 0 Å². The first-order valence-electron chi connectivity index (χ1n) is 4.84. The first-order valence-corrected chi connectivity index (χ1v) is 4.84. The molecular formula is C12H14N2O2. The molecule has 0 aromatic heterocycles. The number of nitrogens with one attached hydrogen (secondary N) is 2. The van der Waals surface area contributed by atoms with Crippen LogP contribution in [0.2, 0.25) is 0 Å². The van der Waals surface area contributed by atoms with Crippen LogP contribution in [0.25, 0.3) is 0 Å². The van der Waals surface area contributed by atoms with Crippen LogP contribution in [-0.2, 0) is 0 Å². The van der Waals surface area contributed by atoms with Gasteiger partial charge >= 0.3 is 6.03 Å². The van der Waals surface area contributed by atoms with Gasteiger partial charge in [0.1, 0.15) is 5.75 Å². The van der Waals surface area contributed by atoms with Crippen molar-refractivity contribution >= 4 is 11.7 Å². The zero-order valence-corrected chi connectivity index (χ0v) is 9.28. The summed E-state index contributed by atoms with van der Waals surface area (Å²) in [5.74, 6) is 3.01. The lowest BCUT2D eigenvalue weighted by Crippen LogP contribution is -2.35. The summed E-state index contributed by atoms with van der Waals surface area (Å²) in [5.41, 5.74) is 0.603. The summed E-state index contributed by atoms with van der Waals surface area (Å²) in [4.78, 5) is 11.5. The number of amides is 2. The third-order valence-electron chi connectivity index (χ3n) is 1.95. The van der Waals surface area contributed by atoms with E-state index in [1.165, 1.54) is 0 Å². The average Bonchev–Trinajstić information content (AvgIpc) is 2.29. The second-order valence-electron chi connectivity index (χ2n) is 3.19. The number of carbonyl (C=O) groups is 1. The summed E-state index contributed by atoms with van der Waals surface area (Å²) in [6.45, 7) is 1.72. The second kappa shape index (κ2) is 5.66. The molecule has 0 aliphatic rings. The van der Waals surface area contributed by atoms with Gasteiger partial charge in [0, 0.05) is 0 Å². The van der Waals surface area contributed by atoms with Gasteiger partial charge in [-0.1, -0.05) is 18.1 Å². The molecule has 1 aromatic carbocycles. The molecule has 4 nitrogen and oxygen atoms in total. The van der Waals surface area contributed by atoms with Gasteiger partial charge in [-0.05, 0) is 19.1 Å². The summed E-state index contributed by atoms with van der Waals surface area (Å²) in [7, 11) is 1.54. The molecule has 0 saturated carbocycles. The molecule has 0 aliphatic heterocycles. The van der Waals surface area contributed by atoms with Crippen LogP contribution in [0, 0.1) is 12.3 Å². The Kier molecular flexibility index (Phi) is 4.22. The average molecular weight is 218 g/mol. The standard InChI is InChI=1S/C12H14N2O2/c1-4-9(2)13-12(15)14-10-7-5-6-8-11(10)16-3/h1,5-9H,2-3H3,(H2,13,14,15). The van der Waals surface area contributed by atoms with E-state index in [4.69, 9.17) is 11.2 Å². The third kappa shape index (κ3) is 3.21. The predicted molar refractivity (Wildman–Crippen MR) is 63.4 cm³/mol. The Hall–Kier alpha value is -2.15. The van der Waals surface area contributed by atoms with Crippen LogP contribution in [0.3, 0.4) is 0 Å². The van der Waals surface area contributed by atoms with E-state index in [2.05, 4.69) is 16.6 Å². The Morgan fingerprint density at radius 3 is 2.81 bits per heavy atom. The molecule has 0 heterocycles. The Labute approximate surface area is 95.0 Å². The molecule has 84 valence electrons. The van der Waals surface area contributed by atoms with E-state index < -0.39 is 0 Å². The maximum Gasteiger partial charge on any atom is 0.320 e. The molecule has 0 radical (unpaired) electrons. The highest BCUT2D eigenvalue weighted by molar-refractivity contribution is 5.91. The maximum absolute atomic E-state index is 11.5. The number of methoxy groups -OCH3 is 1.